The molecule has 0 bridgehead atoms. The Hall–Kier alpha value is -3.24. The molecule has 4 nitrogen and oxygen atoms in total. The molecule has 0 radical (unpaired) electrons. The molecule has 140 valence electrons. The molecule has 4 rings (SSSR count). The highest BCUT2D eigenvalue weighted by atomic mass is 16.3. The zero-order chi connectivity index (χ0) is 19.3. The predicted octanol–water partition coefficient (Wildman–Crippen LogP) is 4.70. The molecule has 0 aliphatic rings. The molecule has 4 aromatic rings. The molecule has 0 aliphatic carbocycles. The smallest absolute Gasteiger partial charge is 0.197 e. The third-order valence-corrected chi connectivity index (χ3v) is 4.75. The fraction of sp³-hybridized carbons (Fsp3) is 0.167. The lowest BCUT2D eigenvalue weighted by molar-refractivity contribution is 0.242. The van der Waals surface area contributed by atoms with Gasteiger partial charge in [0, 0.05) is 31.4 Å². The van der Waals surface area contributed by atoms with Crippen LogP contribution in [0, 0.1) is 6.92 Å². The van der Waals surface area contributed by atoms with Crippen LogP contribution in [0.4, 0.5) is 0 Å². The first-order valence-electron chi connectivity index (χ1n) is 9.36. The van der Waals surface area contributed by atoms with E-state index in [9.17, 15) is 4.79 Å². The lowest BCUT2D eigenvalue weighted by Crippen LogP contribution is -2.26. The first-order chi connectivity index (χ1) is 13.7. The summed E-state index contributed by atoms with van der Waals surface area (Å²) in [5.74, 6) is 0. The van der Waals surface area contributed by atoms with Crippen molar-refractivity contribution in [3.05, 3.63) is 112 Å². The number of hydrogen-bond donors (Lipinski definition) is 0. The van der Waals surface area contributed by atoms with E-state index >= 15 is 0 Å². The third-order valence-electron chi connectivity index (χ3n) is 4.75. The Balaban J connectivity index is 1.65. The quantitative estimate of drug-likeness (QED) is 0.494. The van der Waals surface area contributed by atoms with Gasteiger partial charge in [-0.1, -0.05) is 48.0 Å². The van der Waals surface area contributed by atoms with Crippen molar-refractivity contribution >= 4 is 11.0 Å². The zero-order valence-electron chi connectivity index (χ0n) is 15.8. The molecule has 0 atom stereocenters. The molecule has 0 fully saturated rings. The van der Waals surface area contributed by atoms with Crippen LogP contribution in [0.5, 0.6) is 0 Å². The Morgan fingerprint density at radius 3 is 2.54 bits per heavy atom. The minimum absolute atomic E-state index is 0.0315. The number of benzene rings is 2. The van der Waals surface area contributed by atoms with E-state index in [1.165, 1.54) is 5.56 Å². The second-order valence-electron chi connectivity index (χ2n) is 7.04. The summed E-state index contributed by atoms with van der Waals surface area (Å²) in [6, 6.07) is 21.8. The van der Waals surface area contributed by atoms with E-state index in [0.717, 1.165) is 17.8 Å². The summed E-state index contributed by atoms with van der Waals surface area (Å²) in [5, 5.41) is 0.634. The van der Waals surface area contributed by atoms with Crippen molar-refractivity contribution in [3.8, 4) is 0 Å². The van der Waals surface area contributed by atoms with E-state index in [-0.39, 0.29) is 5.43 Å². The molecule has 0 saturated carbocycles. The Labute approximate surface area is 164 Å². The van der Waals surface area contributed by atoms with Crippen LogP contribution >= 0.6 is 0 Å². The topological polar surface area (TPSA) is 46.3 Å². The first-order valence-corrected chi connectivity index (χ1v) is 9.36. The molecule has 4 heteroatoms. The highest BCUT2D eigenvalue weighted by Crippen LogP contribution is 2.16. The van der Waals surface area contributed by atoms with Gasteiger partial charge in [0.1, 0.15) is 5.58 Å². The van der Waals surface area contributed by atoms with E-state index in [0.29, 0.717) is 29.6 Å². The van der Waals surface area contributed by atoms with Crippen LogP contribution in [0.15, 0.2) is 88.4 Å². The molecule has 2 aromatic heterocycles. The predicted molar refractivity (Wildman–Crippen MR) is 111 cm³/mol. The Bertz CT molecular complexity index is 1080. The summed E-state index contributed by atoms with van der Waals surface area (Å²) in [6.45, 7) is 3.86. The standard InChI is InChI=1S/C24H22N2O2/c1-18-10-11-23-22(13-18)24(27)20(17-28-23)15-26(14-19-7-3-2-4-8-19)16-21-9-5-6-12-25-21/h2-13,17H,14-16H2,1H3. The highest BCUT2D eigenvalue weighted by molar-refractivity contribution is 5.77. The molecule has 0 spiro atoms. The Kier molecular flexibility index (Phi) is 5.31. The van der Waals surface area contributed by atoms with Gasteiger partial charge >= 0.3 is 0 Å². The summed E-state index contributed by atoms with van der Waals surface area (Å²) in [5.41, 5.74) is 4.53. The van der Waals surface area contributed by atoms with Crippen LogP contribution in [0.3, 0.4) is 0 Å². The van der Waals surface area contributed by atoms with E-state index in [2.05, 4.69) is 22.0 Å². The zero-order valence-corrected chi connectivity index (χ0v) is 15.8. The number of pyridine rings is 1. The number of rotatable bonds is 6. The van der Waals surface area contributed by atoms with Crippen molar-refractivity contribution in [2.75, 3.05) is 0 Å². The van der Waals surface area contributed by atoms with E-state index in [1.807, 2.05) is 61.5 Å². The third kappa shape index (κ3) is 4.18. The normalized spacial score (nSPS) is 11.2. The summed E-state index contributed by atoms with van der Waals surface area (Å²) >= 11 is 0. The fourth-order valence-corrected chi connectivity index (χ4v) is 3.37. The molecule has 0 unspecified atom stereocenters. The van der Waals surface area contributed by atoms with Gasteiger partial charge in [0.2, 0.25) is 0 Å². The van der Waals surface area contributed by atoms with Crippen molar-refractivity contribution < 1.29 is 4.42 Å². The average Bonchev–Trinajstić information content (AvgIpc) is 2.72. The van der Waals surface area contributed by atoms with Crippen LogP contribution in [0.25, 0.3) is 11.0 Å². The van der Waals surface area contributed by atoms with Crippen LogP contribution in [0.1, 0.15) is 22.4 Å². The van der Waals surface area contributed by atoms with Crippen LogP contribution in [-0.2, 0) is 19.6 Å². The minimum atomic E-state index is 0.0315. The maximum atomic E-state index is 13.0. The molecular weight excluding hydrogens is 348 g/mol. The molecule has 2 heterocycles. The van der Waals surface area contributed by atoms with Gasteiger partial charge in [0.15, 0.2) is 5.43 Å². The molecule has 0 aliphatic heterocycles. The number of aromatic nitrogens is 1. The molecular formula is C24H22N2O2. The lowest BCUT2D eigenvalue weighted by atomic mass is 10.1. The van der Waals surface area contributed by atoms with Gasteiger partial charge in [-0.25, -0.2) is 0 Å². The molecule has 0 saturated heterocycles. The van der Waals surface area contributed by atoms with Gasteiger partial charge < -0.3 is 4.42 Å². The van der Waals surface area contributed by atoms with E-state index in [4.69, 9.17) is 4.42 Å². The van der Waals surface area contributed by atoms with E-state index < -0.39 is 0 Å². The maximum absolute atomic E-state index is 13.0. The van der Waals surface area contributed by atoms with Crippen LogP contribution < -0.4 is 5.43 Å². The van der Waals surface area contributed by atoms with Crippen molar-refractivity contribution in [2.24, 2.45) is 0 Å². The molecule has 0 amide bonds. The van der Waals surface area contributed by atoms with Gasteiger partial charge in [-0.2, -0.15) is 0 Å². The Morgan fingerprint density at radius 2 is 1.75 bits per heavy atom. The summed E-state index contributed by atoms with van der Waals surface area (Å²) < 4.78 is 5.74. The minimum Gasteiger partial charge on any atom is -0.464 e. The second-order valence-corrected chi connectivity index (χ2v) is 7.04. The largest absolute Gasteiger partial charge is 0.464 e. The summed E-state index contributed by atoms with van der Waals surface area (Å²) in [4.78, 5) is 19.7. The molecule has 28 heavy (non-hydrogen) atoms. The van der Waals surface area contributed by atoms with Gasteiger partial charge in [0.25, 0.3) is 0 Å². The SMILES string of the molecule is Cc1ccc2occ(CN(Cc3ccccc3)Cc3ccccn3)c(=O)c2c1. The van der Waals surface area contributed by atoms with Gasteiger partial charge in [-0.05, 0) is 36.8 Å². The van der Waals surface area contributed by atoms with Crippen molar-refractivity contribution in [1.82, 2.24) is 9.88 Å². The summed E-state index contributed by atoms with van der Waals surface area (Å²) in [7, 11) is 0. The summed E-state index contributed by atoms with van der Waals surface area (Å²) in [6.07, 6.45) is 3.39. The number of fused-ring (bicyclic) bond motifs is 1. The first kappa shape index (κ1) is 18.1. The number of hydrogen-bond acceptors (Lipinski definition) is 4. The monoisotopic (exact) mass is 370 g/mol. The highest BCUT2D eigenvalue weighted by Gasteiger charge is 2.14. The van der Waals surface area contributed by atoms with Gasteiger partial charge in [-0.15, -0.1) is 0 Å². The van der Waals surface area contributed by atoms with Crippen molar-refractivity contribution in [3.63, 3.8) is 0 Å². The van der Waals surface area contributed by atoms with Gasteiger partial charge in [0.05, 0.1) is 17.3 Å². The fourth-order valence-electron chi connectivity index (χ4n) is 3.37. The second kappa shape index (κ2) is 8.19. The average molecular weight is 370 g/mol. The van der Waals surface area contributed by atoms with Crippen LogP contribution in [0.2, 0.25) is 0 Å². The van der Waals surface area contributed by atoms with Crippen molar-refractivity contribution in [1.29, 1.82) is 0 Å². The van der Waals surface area contributed by atoms with Crippen LogP contribution in [-0.4, -0.2) is 9.88 Å². The van der Waals surface area contributed by atoms with Crippen molar-refractivity contribution in [2.45, 2.75) is 26.6 Å². The Morgan fingerprint density at radius 1 is 0.929 bits per heavy atom. The van der Waals surface area contributed by atoms with E-state index in [1.54, 1.807) is 12.5 Å². The van der Waals surface area contributed by atoms with Gasteiger partial charge in [-0.3, -0.25) is 14.7 Å². The maximum Gasteiger partial charge on any atom is 0.197 e. The molecule has 2 aromatic carbocycles. The lowest BCUT2D eigenvalue weighted by Gasteiger charge is -2.22. The number of nitrogens with zero attached hydrogens (tertiary/aromatic N) is 2. The number of aryl methyl sites for hydroxylation is 1. The molecule has 0 N–H and O–H groups in total.